The number of imide groups is 1. The molecule has 1 spiro atoms. The third kappa shape index (κ3) is 2.77. The van der Waals surface area contributed by atoms with Crippen molar-refractivity contribution in [3.8, 4) is 0 Å². The average Bonchev–Trinajstić information content (AvgIpc) is 3.38. The minimum atomic E-state index is -1.38. The van der Waals surface area contributed by atoms with Crippen molar-refractivity contribution >= 4 is 29.1 Å². The van der Waals surface area contributed by atoms with Crippen molar-refractivity contribution < 1.29 is 19.5 Å². The van der Waals surface area contributed by atoms with Crippen molar-refractivity contribution in [1.82, 2.24) is 5.32 Å². The van der Waals surface area contributed by atoms with E-state index in [1.165, 1.54) is 4.90 Å². The van der Waals surface area contributed by atoms with Crippen LogP contribution in [-0.2, 0) is 26.3 Å². The normalized spacial score (nSPS) is 29.4. The molecule has 0 saturated carbocycles. The molecule has 0 radical (unpaired) electrons. The van der Waals surface area contributed by atoms with Crippen LogP contribution in [0.2, 0.25) is 0 Å². The summed E-state index contributed by atoms with van der Waals surface area (Å²) in [6.45, 7) is 3.71. The Balaban J connectivity index is 1.58. The van der Waals surface area contributed by atoms with E-state index in [2.05, 4.69) is 17.6 Å². The molecule has 2 aromatic carbocycles. The molecule has 0 bridgehead atoms. The number of fused-ring (bicyclic) bond motifs is 4. The summed E-state index contributed by atoms with van der Waals surface area (Å²) in [7, 11) is 0. The fourth-order valence-electron chi connectivity index (χ4n) is 5.55. The van der Waals surface area contributed by atoms with Gasteiger partial charge in [0.05, 0.1) is 23.6 Å². The summed E-state index contributed by atoms with van der Waals surface area (Å²) in [6, 6.07) is 13.9. The number of hydrogen-bond acceptors (Lipinski definition) is 5. The van der Waals surface area contributed by atoms with Crippen molar-refractivity contribution in [2.24, 2.45) is 11.8 Å². The first-order valence-corrected chi connectivity index (χ1v) is 11.2. The van der Waals surface area contributed by atoms with Gasteiger partial charge in [-0.1, -0.05) is 43.7 Å². The number of aliphatic hydroxyl groups excluding tert-OH is 1. The summed E-state index contributed by atoms with van der Waals surface area (Å²) >= 11 is 0. The van der Waals surface area contributed by atoms with Gasteiger partial charge in [-0.2, -0.15) is 0 Å². The molecule has 7 heteroatoms. The molecule has 3 heterocycles. The fraction of sp³-hybridized carbons (Fsp3) is 0.400. The van der Waals surface area contributed by atoms with Crippen LogP contribution in [0.25, 0.3) is 0 Å². The maximum Gasteiger partial charge on any atom is 0.250 e. The minimum absolute atomic E-state index is 0.366. The van der Waals surface area contributed by atoms with Crippen LogP contribution in [0.15, 0.2) is 48.5 Å². The van der Waals surface area contributed by atoms with E-state index in [0.717, 1.165) is 24.8 Å². The fourth-order valence-corrected chi connectivity index (χ4v) is 5.55. The second-order valence-corrected chi connectivity index (χ2v) is 9.00. The molecule has 2 fully saturated rings. The van der Waals surface area contributed by atoms with E-state index in [-0.39, 0.29) is 11.8 Å². The SMILES string of the molecule is CCCCc1ccc(N2C(=O)[C@H]3[C@H]([C@H](C)O)N[C@@]4(C(=O)Nc5ccccc54)[C@@H]3C2=O)cc1. The summed E-state index contributed by atoms with van der Waals surface area (Å²) in [5.41, 5.74) is 1.53. The highest BCUT2D eigenvalue weighted by atomic mass is 16.3. The lowest BCUT2D eigenvalue weighted by Gasteiger charge is -2.30. The van der Waals surface area contributed by atoms with Gasteiger partial charge in [0, 0.05) is 17.3 Å². The highest BCUT2D eigenvalue weighted by molar-refractivity contribution is 6.25. The first-order valence-electron chi connectivity index (χ1n) is 11.2. The van der Waals surface area contributed by atoms with Crippen LogP contribution in [0.5, 0.6) is 0 Å². The quantitative estimate of drug-likeness (QED) is 0.629. The molecule has 5 rings (SSSR count). The topological polar surface area (TPSA) is 98.7 Å². The molecule has 0 aliphatic carbocycles. The monoisotopic (exact) mass is 433 g/mol. The molecule has 3 N–H and O–H groups in total. The van der Waals surface area contributed by atoms with Gasteiger partial charge in [0.25, 0.3) is 0 Å². The molecule has 2 aromatic rings. The summed E-state index contributed by atoms with van der Waals surface area (Å²) in [6.07, 6.45) is 2.19. The number of para-hydroxylation sites is 1. The van der Waals surface area contributed by atoms with Crippen molar-refractivity contribution in [1.29, 1.82) is 0 Å². The predicted octanol–water partition coefficient (Wildman–Crippen LogP) is 2.33. The first kappa shape index (κ1) is 20.8. The highest BCUT2D eigenvalue weighted by Gasteiger charge is 2.71. The van der Waals surface area contributed by atoms with Crippen LogP contribution in [-0.4, -0.2) is 35.0 Å². The number of benzene rings is 2. The smallest absolute Gasteiger partial charge is 0.250 e. The second-order valence-electron chi connectivity index (χ2n) is 9.00. The molecule has 0 unspecified atom stereocenters. The number of hydrogen-bond donors (Lipinski definition) is 3. The number of rotatable bonds is 5. The van der Waals surface area contributed by atoms with Gasteiger partial charge in [0.1, 0.15) is 5.54 Å². The molecular formula is C25H27N3O4. The van der Waals surface area contributed by atoms with Crippen LogP contribution >= 0.6 is 0 Å². The molecule has 166 valence electrons. The first-order chi connectivity index (χ1) is 15.4. The van der Waals surface area contributed by atoms with Crippen molar-refractivity contribution in [3.63, 3.8) is 0 Å². The standard InChI is InChI=1S/C25H27N3O4/c1-3-4-7-15-10-12-16(13-11-15)28-22(30)19-20(23(28)31)25(27-21(19)14(2)29)17-8-5-6-9-18(17)26-24(25)32/h5-6,8-14,19-21,27,29H,3-4,7H2,1-2H3,(H,26,32)/t14-,19+,20-,21-,25+/m0/s1. The van der Waals surface area contributed by atoms with E-state index in [0.29, 0.717) is 16.9 Å². The third-order valence-corrected chi connectivity index (χ3v) is 7.09. The predicted molar refractivity (Wildman–Crippen MR) is 120 cm³/mol. The molecule has 32 heavy (non-hydrogen) atoms. The highest BCUT2D eigenvalue weighted by Crippen LogP contribution is 2.53. The van der Waals surface area contributed by atoms with Crippen LogP contribution in [0.1, 0.15) is 37.8 Å². The van der Waals surface area contributed by atoms with Crippen molar-refractivity contribution in [2.45, 2.75) is 50.8 Å². The van der Waals surface area contributed by atoms with Gasteiger partial charge in [-0.3, -0.25) is 19.7 Å². The number of nitrogens with one attached hydrogen (secondary N) is 2. The third-order valence-electron chi connectivity index (χ3n) is 7.09. The lowest BCUT2D eigenvalue weighted by Crippen LogP contribution is -2.54. The Bertz CT molecular complexity index is 1100. The van der Waals surface area contributed by atoms with Crippen LogP contribution in [0, 0.1) is 11.8 Å². The number of unbranched alkanes of at least 4 members (excludes halogenated alkanes) is 1. The van der Waals surface area contributed by atoms with Crippen LogP contribution in [0.3, 0.4) is 0 Å². The molecule has 3 amide bonds. The lowest BCUT2D eigenvalue weighted by atomic mass is 9.76. The molecule has 3 aliphatic heterocycles. The number of anilines is 2. The van der Waals surface area contributed by atoms with Gasteiger partial charge in [-0.15, -0.1) is 0 Å². The Morgan fingerprint density at radius 2 is 1.78 bits per heavy atom. The van der Waals surface area contributed by atoms with Crippen molar-refractivity contribution in [2.75, 3.05) is 10.2 Å². The number of carbonyl (C=O) groups excluding carboxylic acids is 3. The summed E-state index contributed by atoms with van der Waals surface area (Å²) in [5.74, 6) is -2.93. The molecule has 5 atom stereocenters. The van der Waals surface area contributed by atoms with Crippen molar-refractivity contribution in [3.05, 3.63) is 59.7 Å². The zero-order chi connectivity index (χ0) is 22.6. The number of amides is 3. The van der Waals surface area contributed by atoms with E-state index < -0.39 is 35.4 Å². The number of aryl methyl sites for hydroxylation is 1. The zero-order valence-electron chi connectivity index (χ0n) is 18.2. The number of carbonyl (C=O) groups is 3. The average molecular weight is 434 g/mol. The molecule has 3 aliphatic rings. The zero-order valence-corrected chi connectivity index (χ0v) is 18.2. The Labute approximate surface area is 186 Å². The second kappa shape index (κ2) is 7.53. The Morgan fingerprint density at radius 1 is 1.06 bits per heavy atom. The Kier molecular flexibility index (Phi) is 4.91. The number of nitrogens with zero attached hydrogens (tertiary/aromatic N) is 1. The van der Waals surface area contributed by atoms with Gasteiger partial charge < -0.3 is 10.4 Å². The maximum atomic E-state index is 13.7. The van der Waals surface area contributed by atoms with E-state index in [9.17, 15) is 19.5 Å². The van der Waals surface area contributed by atoms with Gasteiger partial charge >= 0.3 is 0 Å². The summed E-state index contributed by atoms with van der Waals surface area (Å²) < 4.78 is 0. The summed E-state index contributed by atoms with van der Waals surface area (Å²) in [5, 5.41) is 16.5. The van der Waals surface area contributed by atoms with E-state index in [1.807, 2.05) is 18.2 Å². The van der Waals surface area contributed by atoms with Crippen LogP contribution < -0.4 is 15.5 Å². The maximum absolute atomic E-state index is 13.7. The van der Waals surface area contributed by atoms with E-state index >= 15 is 0 Å². The molecule has 2 saturated heterocycles. The van der Waals surface area contributed by atoms with E-state index in [1.54, 1.807) is 37.3 Å². The molecular weight excluding hydrogens is 406 g/mol. The summed E-state index contributed by atoms with van der Waals surface area (Å²) in [4.78, 5) is 41.8. The Morgan fingerprint density at radius 3 is 2.47 bits per heavy atom. The lowest BCUT2D eigenvalue weighted by molar-refractivity contribution is -0.130. The van der Waals surface area contributed by atoms with E-state index in [4.69, 9.17) is 0 Å². The van der Waals surface area contributed by atoms with Gasteiger partial charge in [0.15, 0.2) is 0 Å². The molecule has 7 nitrogen and oxygen atoms in total. The minimum Gasteiger partial charge on any atom is -0.392 e. The largest absolute Gasteiger partial charge is 0.392 e. The van der Waals surface area contributed by atoms with Crippen LogP contribution in [0.4, 0.5) is 11.4 Å². The number of aliphatic hydroxyl groups is 1. The van der Waals surface area contributed by atoms with Gasteiger partial charge in [-0.05, 0) is 43.5 Å². The van der Waals surface area contributed by atoms with Gasteiger partial charge in [0.2, 0.25) is 17.7 Å². The Hall–Kier alpha value is -3.03. The molecule has 0 aromatic heterocycles. The van der Waals surface area contributed by atoms with Gasteiger partial charge in [-0.25, -0.2) is 4.90 Å².